The summed E-state index contributed by atoms with van der Waals surface area (Å²) >= 11 is 0. The SMILES string of the molecule is C=C(CC)C(O)C(=O)OCC. The molecule has 11 heavy (non-hydrogen) atoms. The maximum Gasteiger partial charge on any atom is 0.339 e. The summed E-state index contributed by atoms with van der Waals surface area (Å²) in [6.45, 7) is 7.33. The molecule has 0 aromatic rings. The number of hydrogen-bond donors (Lipinski definition) is 1. The van der Waals surface area contributed by atoms with Crippen molar-refractivity contribution in [3.63, 3.8) is 0 Å². The van der Waals surface area contributed by atoms with Gasteiger partial charge in [-0.25, -0.2) is 4.79 Å². The van der Waals surface area contributed by atoms with Crippen molar-refractivity contribution in [3.05, 3.63) is 12.2 Å². The van der Waals surface area contributed by atoms with Gasteiger partial charge in [-0.2, -0.15) is 0 Å². The second-order valence-corrected chi connectivity index (χ2v) is 2.17. The Kier molecular flexibility index (Phi) is 4.54. The highest BCUT2D eigenvalue weighted by atomic mass is 16.5. The quantitative estimate of drug-likeness (QED) is 0.488. The van der Waals surface area contributed by atoms with Crippen LogP contribution in [0.25, 0.3) is 0 Å². The summed E-state index contributed by atoms with van der Waals surface area (Å²) in [6, 6.07) is 0. The molecule has 0 aliphatic heterocycles. The average Bonchev–Trinajstić information content (AvgIpc) is 2.02. The minimum atomic E-state index is -1.15. The standard InChI is InChI=1S/C8H14O3/c1-4-6(3)7(9)8(10)11-5-2/h7,9H,3-5H2,1-2H3. The first-order valence-corrected chi connectivity index (χ1v) is 3.65. The summed E-state index contributed by atoms with van der Waals surface area (Å²) in [4.78, 5) is 10.8. The van der Waals surface area contributed by atoms with Crippen molar-refractivity contribution in [2.45, 2.75) is 26.4 Å². The molecular formula is C8H14O3. The van der Waals surface area contributed by atoms with Gasteiger partial charge in [0.15, 0.2) is 6.10 Å². The molecule has 3 nitrogen and oxygen atoms in total. The second kappa shape index (κ2) is 4.91. The van der Waals surface area contributed by atoms with E-state index in [0.717, 1.165) is 0 Å². The molecule has 0 saturated carbocycles. The van der Waals surface area contributed by atoms with Gasteiger partial charge in [0.05, 0.1) is 6.61 Å². The van der Waals surface area contributed by atoms with E-state index in [4.69, 9.17) is 5.11 Å². The van der Waals surface area contributed by atoms with Crippen molar-refractivity contribution in [1.82, 2.24) is 0 Å². The molecule has 3 heteroatoms. The highest BCUT2D eigenvalue weighted by Gasteiger charge is 2.17. The Hall–Kier alpha value is -0.830. The Balaban J connectivity index is 3.91. The van der Waals surface area contributed by atoms with E-state index in [-0.39, 0.29) is 6.61 Å². The number of carbonyl (C=O) groups excluding carboxylic acids is 1. The first kappa shape index (κ1) is 10.2. The van der Waals surface area contributed by atoms with Gasteiger partial charge in [-0.15, -0.1) is 0 Å². The van der Waals surface area contributed by atoms with Gasteiger partial charge >= 0.3 is 5.97 Å². The van der Waals surface area contributed by atoms with Crippen LogP contribution in [0, 0.1) is 0 Å². The lowest BCUT2D eigenvalue weighted by Crippen LogP contribution is -2.24. The van der Waals surface area contributed by atoms with Gasteiger partial charge in [0.2, 0.25) is 0 Å². The van der Waals surface area contributed by atoms with Gasteiger partial charge in [0.25, 0.3) is 0 Å². The fourth-order valence-corrected chi connectivity index (χ4v) is 0.581. The van der Waals surface area contributed by atoms with Gasteiger partial charge in [-0.1, -0.05) is 13.5 Å². The highest BCUT2D eigenvalue weighted by Crippen LogP contribution is 2.05. The lowest BCUT2D eigenvalue weighted by molar-refractivity contribution is -0.150. The van der Waals surface area contributed by atoms with Crippen LogP contribution in [0.15, 0.2) is 12.2 Å². The Labute approximate surface area is 66.7 Å². The molecule has 0 amide bonds. The van der Waals surface area contributed by atoms with E-state index >= 15 is 0 Å². The molecule has 1 N–H and O–H groups in total. The third-order valence-corrected chi connectivity index (χ3v) is 1.35. The smallest absolute Gasteiger partial charge is 0.339 e. The number of esters is 1. The van der Waals surface area contributed by atoms with Crippen molar-refractivity contribution in [2.75, 3.05) is 6.61 Å². The molecule has 0 rings (SSSR count). The molecule has 0 radical (unpaired) electrons. The van der Waals surface area contributed by atoms with E-state index in [9.17, 15) is 4.79 Å². The summed E-state index contributed by atoms with van der Waals surface area (Å²) in [7, 11) is 0. The number of rotatable bonds is 4. The maximum atomic E-state index is 10.8. The molecule has 0 heterocycles. The number of hydrogen-bond acceptors (Lipinski definition) is 3. The van der Waals surface area contributed by atoms with Crippen LogP contribution in [-0.2, 0) is 9.53 Å². The summed E-state index contributed by atoms with van der Waals surface area (Å²) in [6.07, 6.45) is -0.570. The minimum absolute atomic E-state index is 0.285. The Morgan fingerprint density at radius 2 is 2.18 bits per heavy atom. The maximum absolute atomic E-state index is 10.8. The molecule has 1 unspecified atom stereocenters. The number of aliphatic hydroxyl groups is 1. The van der Waals surface area contributed by atoms with Crippen LogP contribution in [0.5, 0.6) is 0 Å². The van der Waals surface area contributed by atoms with E-state index in [0.29, 0.717) is 12.0 Å². The normalized spacial score (nSPS) is 12.3. The van der Waals surface area contributed by atoms with Gasteiger partial charge in [-0.3, -0.25) is 0 Å². The molecule has 64 valence electrons. The largest absolute Gasteiger partial charge is 0.464 e. The monoisotopic (exact) mass is 158 g/mol. The number of ether oxygens (including phenoxy) is 1. The molecule has 0 aliphatic rings. The summed E-state index contributed by atoms with van der Waals surface area (Å²) in [5.74, 6) is -0.612. The molecule has 0 aliphatic carbocycles. The van der Waals surface area contributed by atoms with Crippen LogP contribution >= 0.6 is 0 Å². The van der Waals surface area contributed by atoms with E-state index in [1.807, 2.05) is 6.92 Å². The van der Waals surface area contributed by atoms with Crippen LogP contribution in [0.3, 0.4) is 0 Å². The Morgan fingerprint density at radius 1 is 1.64 bits per heavy atom. The van der Waals surface area contributed by atoms with Crippen LogP contribution in [-0.4, -0.2) is 23.8 Å². The van der Waals surface area contributed by atoms with Crippen molar-refractivity contribution < 1.29 is 14.6 Å². The van der Waals surface area contributed by atoms with Crippen molar-refractivity contribution >= 4 is 5.97 Å². The topological polar surface area (TPSA) is 46.5 Å². The first-order valence-electron chi connectivity index (χ1n) is 3.65. The molecule has 0 spiro atoms. The van der Waals surface area contributed by atoms with E-state index < -0.39 is 12.1 Å². The van der Waals surface area contributed by atoms with Gasteiger partial charge < -0.3 is 9.84 Å². The second-order valence-electron chi connectivity index (χ2n) is 2.17. The summed E-state index contributed by atoms with van der Waals surface area (Å²) in [5.41, 5.74) is 0.489. The summed E-state index contributed by atoms with van der Waals surface area (Å²) < 4.78 is 4.58. The first-order chi connectivity index (χ1) is 5.13. The third kappa shape index (κ3) is 3.18. The Bertz CT molecular complexity index is 151. The molecule has 0 saturated heterocycles. The zero-order chi connectivity index (χ0) is 8.85. The van der Waals surface area contributed by atoms with Crippen LogP contribution in [0.1, 0.15) is 20.3 Å². The van der Waals surface area contributed by atoms with Gasteiger partial charge in [-0.05, 0) is 18.9 Å². The zero-order valence-corrected chi connectivity index (χ0v) is 6.96. The highest BCUT2D eigenvalue weighted by molar-refractivity contribution is 5.77. The molecule has 0 aromatic carbocycles. The fourth-order valence-electron chi connectivity index (χ4n) is 0.581. The minimum Gasteiger partial charge on any atom is -0.464 e. The predicted octanol–water partition coefficient (Wildman–Crippen LogP) is 0.877. The van der Waals surface area contributed by atoms with Crippen LogP contribution in [0.4, 0.5) is 0 Å². The predicted molar refractivity (Wildman–Crippen MR) is 42.1 cm³/mol. The van der Waals surface area contributed by atoms with E-state index in [2.05, 4.69) is 11.3 Å². The van der Waals surface area contributed by atoms with Gasteiger partial charge in [0.1, 0.15) is 0 Å². The van der Waals surface area contributed by atoms with Crippen LogP contribution < -0.4 is 0 Å². The third-order valence-electron chi connectivity index (χ3n) is 1.35. The van der Waals surface area contributed by atoms with E-state index in [1.165, 1.54) is 0 Å². The van der Waals surface area contributed by atoms with E-state index in [1.54, 1.807) is 6.92 Å². The Morgan fingerprint density at radius 3 is 2.55 bits per heavy atom. The van der Waals surface area contributed by atoms with Gasteiger partial charge in [0, 0.05) is 0 Å². The summed E-state index contributed by atoms with van der Waals surface area (Å²) in [5, 5.41) is 9.14. The van der Waals surface area contributed by atoms with Crippen LogP contribution in [0.2, 0.25) is 0 Å². The molecular weight excluding hydrogens is 144 g/mol. The van der Waals surface area contributed by atoms with Crippen molar-refractivity contribution in [2.24, 2.45) is 0 Å². The average molecular weight is 158 g/mol. The fraction of sp³-hybridized carbons (Fsp3) is 0.625. The molecule has 1 atom stereocenters. The molecule has 0 aromatic heterocycles. The number of carbonyl (C=O) groups is 1. The zero-order valence-electron chi connectivity index (χ0n) is 6.96. The number of aliphatic hydroxyl groups excluding tert-OH is 1. The van der Waals surface area contributed by atoms with Crippen molar-refractivity contribution in [1.29, 1.82) is 0 Å². The molecule has 0 bridgehead atoms. The molecule has 0 fully saturated rings. The lowest BCUT2D eigenvalue weighted by Gasteiger charge is -2.09. The van der Waals surface area contributed by atoms with Crippen molar-refractivity contribution in [3.8, 4) is 0 Å². The lowest BCUT2D eigenvalue weighted by atomic mass is 10.1.